The molecule has 3 aromatic heterocycles. The summed E-state index contributed by atoms with van der Waals surface area (Å²) in [7, 11) is 0. The molecule has 0 saturated heterocycles. The van der Waals surface area contributed by atoms with Gasteiger partial charge in [-0.05, 0) is 11.4 Å². The minimum Gasteiger partial charge on any atom is -0.301 e. The van der Waals surface area contributed by atoms with Crippen molar-refractivity contribution in [2.75, 3.05) is 0 Å². The minimum absolute atomic E-state index is 0.0815. The van der Waals surface area contributed by atoms with Crippen LogP contribution in [0.5, 0.6) is 0 Å². The van der Waals surface area contributed by atoms with Gasteiger partial charge in [0.1, 0.15) is 9.84 Å². The molecule has 0 aliphatic carbocycles. The van der Waals surface area contributed by atoms with Crippen LogP contribution in [0.4, 0.5) is 0 Å². The van der Waals surface area contributed by atoms with Gasteiger partial charge >= 0.3 is 0 Å². The Morgan fingerprint density at radius 3 is 2.83 bits per heavy atom. The Hall–Kier alpha value is -1.96. The highest BCUT2D eigenvalue weighted by molar-refractivity contribution is 7.98. The normalized spacial score (nSPS) is 11.1. The Morgan fingerprint density at radius 2 is 1.96 bits per heavy atom. The van der Waals surface area contributed by atoms with Gasteiger partial charge in [0.2, 0.25) is 0 Å². The van der Waals surface area contributed by atoms with Gasteiger partial charge in [-0.25, -0.2) is 9.97 Å². The lowest BCUT2D eigenvalue weighted by molar-refractivity contribution is 0.978. The topological polar surface area (TPSA) is 58.6 Å². The zero-order valence-corrected chi connectivity index (χ0v) is 14.3. The fourth-order valence-corrected chi connectivity index (χ4v) is 4.65. The molecule has 4 aromatic rings. The maximum atomic E-state index is 11.9. The van der Waals surface area contributed by atoms with Crippen molar-refractivity contribution >= 4 is 44.7 Å². The summed E-state index contributed by atoms with van der Waals surface area (Å²) in [4.78, 5) is 24.7. The standard InChI is InChI=1S/C16H11N3OS3/c20-13-12-6-7-21-15(12)19-16(18-13)23-9-11-8-22-14(17-11)10-4-2-1-3-5-10/h1-8H,9H2,(H,18,19,20). The minimum atomic E-state index is -0.0815. The monoisotopic (exact) mass is 357 g/mol. The Kier molecular flexibility index (Phi) is 3.99. The highest BCUT2D eigenvalue weighted by Crippen LogP contribution is 2.27. The first-order valence-corrected chi connectivity index (χ1v) is 9.64. The van der Waals surface area contributed by atoms with Gasteiger partial charge in [0, 0.05) is 16.7 Å². The highest BCUT2D eigenvalue weighted by atomic mass is 32.2. The zero-order valence-electron chi connectivity index (χ0n) is 11.9. The van der Waals surface area contributed by atoms with Crippen LogP contribution < -0.4 is 5.56 Å². The van der Waals surface area contributed by atoms with E-state index in [9.17, 15) is 4.79 Å². The number of aromatic nitrogens is 3. The molecular weight excluding hydrogens is 346 g/mol. The Balaban J connectivity index is 1.52. The number of thiazole rings is 1. The number of aromatic amines is 1. The number of H-pyrrole nitrogens is 1. The summed E-state index contributed by atoms with van der Waals surface area (Å²) in [5.74, 6) is 0.684. The average molecular weight is 357 g/mol. The number of hydrogen-bond acceptors (Lipinski definition) is 6. The maximum absolute atomic E-state index is 11.9. The molecule has 4 rings (SSSR count). The predicted octanol–water partition coefficient (Wildman–Crippen LogP) is 4.40. The van der Waals surface area contributed by atoms with Gasteiger partial charge in [-0.3, -0.25) is 4.79 Å². The first kappa shape index (κ1) is 14.6. The number of thioether (sulfide) groups is 1. The number of rotatable bonds is 4. The van der Waals surface area contributed by atoms with Crippen LogP contribution in [-0.4, -0.2) is 15.0 Å². The van der Waals surface area contributed by atoms with Crippen LogP contribution >= 0.6 is 34.4 Å². The van der Waals surface area contributed by atoms with Gasteiger partial charge in [-0.15, -0.1) is 22.7 Å². The van der Waals surface area contributed by atoms with E-state index in [1.54, 1.807) is 17.4 Å². The van der Waals surface area contributed by atoms with Gasteiger partial charge in [0.15, 0.2) is 5.16 Å². The summed E-state index contributed by atoms with van der Waals surface area (Å²) in [6.07, 6.45) is 0. The first-order valence-electron chi connectivity index (χ1n) is 6.90. The molecule has 3 heterocycles. The smallest absolute Gasteiger partial charge is 0.260 e. The molecule has 0 bridgehead atoms. The van der Waals surface area contributed by atoms with Crippen molar-refractivity contribution in [3.8, 4) is 10.6 Å². The third-order valence-electron chi connectivity index (χ3n) is 3.24. The molecule has 0 spiro atoms. The molecule has 23 heavy (non-hydrogen) atoms. The van der Waals surface area contributed by atoms with Crippen LogP contribution in [0.2, 0.25) is 0 Å². The molecule has 0 saturated carbocycles. The van der Waals surface area contributed by atoms with Crippen LogP contribution in [0.15, 0.2) is 57.1 Å². The number of hydrogen-bond donors (Lipinski definition) is 1. The maximum Gasteiger partial charge on any atom is 0.260 e. The van der Waals surface area contributed by atoms with Gasteiger partial charge in [0.05, 0.1) is 11.1 Å². The van der Waals surface area contributed by atoms with E-state index in [2.05, 4.69) is 32.5 Å². The van der Waals surface area contributed by atoms with Crippen molar-refractivity contribution < 1.29 is 0 Å². The molecule has 0 aliphatic rings. The lowest BCUT2D eigenvalue weighted by Crippen LogP contribution is -2.07. The number of nitrogens with zero attached hydrogens (tertiary/aromatic N) is 2. The van der Waals surface area contributed by atoms with Gasteiger partial charge in [0.25, 0.3) is 5.56 Å². The van der Waals surface area contributed by atoms with Crippen LogP contribution in [0, 0.1) is 0 Å². The van der Waals surface area contributed by atoms with E-state index in [0.29, 0.717) is 16.3 Å². The number of nitrogens with one attached hydrogen (secondary N) is 1. The largest absolute Gasteiger partial charge is 0.301 e. The van der Waals surface area contributed by atoms with Crippen LogP contribution in [0.1, 0.15) is 5.69 Å². The Bertz CT molecular complexity index is 1000. The third-order valence-corrected chi connectivity index (χ3v) is 5.90. The van der Waals surface area contributed by atoms with E-state index in [-0.39, 0.29) is 5.56 Å². The molecule has 0 radical (unpaired) electrons. The highest BCUT2D eigenvalue weighted by Gasteiger charge is 2.08. The summed E-state index contributed by atoms with van der Waals surface area (Å²) >= 11 is 4.61. The quantitative estimate of drug-likeness (QED) is 0.434. The molecule has 0 atom stereocenters. The Morgan fingerprint density at radius 1 is 1.09 bits per heavy atom. The molecule has 1 aromatic carbocycles. The molecule has 0 amide bonds. The fourth-order valence-electron chi connectivity index (χ4n) is 2.14. The predicted molar refractivity (Wildman–Crippen MR) is 97.4 cm³/mol. The third kappa shape index (κ3) is 3.08. The fraction of sp³-hybridized carbons (Fsp3) is 0.0625. The van der Waals surface area contributed by atoms with Crippen LogP contribution in [0.25, 0.3) is 20.8 Å². The molecule has 0 fully saturated rings. The zero-order chi connectivity index (χ0) is 15.6. The lowest BCUT2D eigenvalue weighted by atomic mass is 10.2. The van der Waals surface area contributed by atoms with Crippen LogP contribution in [0.3, 0.4) is 0 Å². The summed E-state index contributed by atoms with van der Waals surface area (Å²) < 4.78 is 0. The van der Waals surface area contributed by atoms with E-state index in [1.807, 2.05) is 23.6 Å². The van der Waals surface area contributed by atoms with E-state index in [1.165, 1.54) is 23.1 Å². The van der Waals surface area contributed by atoms with Crippen molar-refractivity contribution in [3.63, 3.8) is 0 Å². The van der Waals surface area contributed by atoms with Gasteiger partial charge in [-0.1, -0.05) is 42.1 Å². The second-order valence-electron chi connectivity index (χ2n) is 4.81. The first-order chi connectivity index (χ1) is 11.3. The second kappa shape index (κ2) is 6.27. The molecule has 0 aliphatic heterocycles. The van der Waals surface area contributed by atoms with Crippen molar-refractivity contribution in [2.45, 2.75) is 10.9 Å². The Labute approximate surface area is 144 Å². The molecule has 0 unspecified atom stereocenters. The summed E-state index contributed by atoms with van der Waals surface area (Å²) in [5, 5.41) is 6.24. The molecular formula is C16H11N3OS3. The molecule has 4 nitrogen and oxygen atoms in total. The van der Waals surface area contributed by atoms with E-state index < -0.39 is 0 Å². The van der Waals surface area contributed by atoms with E-state index >= 15 is 0 Å². The second-order valence-corrected chi connectivity index (χ2v) is 7.53. The van der Waals surface area contributed by atoms with Gasteiger partial charge in [-0.2, -0.15) is 0 Å². The van der Waals surface area contributed by atoms with E-state index in [0.717, 1.165) is 21.1 Å². The van der Waals surface area contributed by atoms with Gasteiger partial charge < -0.3 is 4.98 Å². The number of benzene rings is 1. The summed E-state index contributed by atoms with van der Waals surface area (Å²) in [5.41, 5.74) is 2.04. The summed E-state index contributed by atoms with van der Waals surface area (Å²) in [6, 6.07) is 11.9. The SMILES string of the molecule is O=c1[nH]c(SCc2csc(-c3ccccc3)n2)nc2sccc12. The van der Waals surface area contributed by atoms with Crippen molar-refractivity contribution in [2.24, 2.45) is 0 Å². The number of thiophene rings is 1. The average Bonchev–Trinajstić information content (AvgIpc) is 3.23. The lowest BCUT2D eigenvalue weighted by Gasteiger charge is -1.99. The van der Waals surface area contributed by atoms with E-state index in [4.69, 9.17) is 0 Å². The van der Waals surface area contributed by atoms with Crippen molar-refractivity contribution in [1.29, 1.82) is 0 Å². The van der Waals surface area contributed by atoms with Crippen molar-refractivity contribution in [3.05, 3.63) is 63.2 Å². The molecule has 1 N–H and O–H groups in total. The number of fused-ring (bicyclic) bond motifs is 1. The van der Waals surface area contributed by atoms with Crippen LogP contribution in [-0.2, 0) is 5.75 Å². The molecule has 7 heteroatoms. The van der Waals surface area contributed by atoms with Crippen molar-refractivity contribution in [1.82, 2.24) is 15.0 Å². The molecule has 114 valence electrons. The summed E-state index contributed by atoms with van der Waals surface area (Å²) in [6.45, 7) is 0.